The summed E-state index contributed by atoms with van der Waals surface area (Å²) in [7, 11) is 0. The molecule has 3 N–H and O–H groups in total. The number of carbonyl (C=O) groups is 2. The van der Waals surface area contributed by atoms with E-state index in [1.54, 1.807) is 13.8 Å². The molecular formula is C11H18N2O3. The maximum atomic E-state index is 11.8. The number of allylic oxidation sites excluding steroid dienone is 1. The molecule has 0 aliphatic carbocycles. The zero-order valence-electron chi connectivity index (χ0n) is 9.71. The molecule has 1 aliphatic heterocycles. The average Bonchev–Trinajstić information content (AvgIpc) is 2.44. The Balaban J connectivity index is 2.97. The van der Waals surface area contributed by atoms with E-state index in [1.165, 1.54) is 0 Å². The Morgan fingerprint density at radius 2 is 2.12 bits per heavy atom. The lowest BCUT2D eigenvalue weighted by molar-refractivity contribution is -0.141. The fourth-order valence-corrected chi connectivity index (χ4v) is 1.97. The molecule has 90 valence electrons. The second-order valence-electron chi connectivity index (χ2n) is 4.16. The van der Waals surface area contributed by atoms with E-state index in [0.29, 0.717) is 18.5 Å². The molecule has 5 nitrogen and oxygen atoms in total. The highest BCUT2D eigenvalue weighted by molar-refractivity contribution is 5.97. The summed E-state index contributed by atoms with van der Waals surface area (Å²) in [6.07, 6.45) is 2.52. The molecule has 0 aromatic heterocycles. The second kappa shape index (κ2) is 5.65. The number of nitrogens with two attached hydrogens (primary N) is 1. The first-order valence-corrected chi connectivity index (χ1v) is 5.44. The van der Waals surface area contributed by atoms with E-state index < -0.39 is 11.9 Å². The molecule has 1 heterocycles. The predicted molar refractivity (Wildman–Crippen MR) is 59.0 cm³/mol. The molecular weight excluding hydrogens is 208 g/mol. The summed E-state index contributed by atoms with van der Waals surface area (Å²) < 4.78 is 0. The molecule has 5 heteroatoms. The zero-order chi connectivity index (χ0) is 12.1. The summed E-state index contributed by atoms with van der Waals surface area (Å²) >= 11 is 0. The van der Waals surface area contributed by atoms with Gasteiger partial charge in [-0.2, -0.15) is 5.90 Å². The molecule has 1 unspecified atom stereocenters. The van der Waals surface area contributed by atoms with Crippen LogP contribution in [0.25, 0.3) is 0 Å². The summed E-state index contributed by atoms with van der Waals surface area (Å²) in [6, 6.07) is 0. The second-order valence-corrected chi connectivity index (χ2v) is 4.16. The van der Waals surface area contributed by atoms with E-state index in [-0.39, 0.29) is 5.91 Å². The Hall–Kier alpha value is -1.36. The van der Waals surface area contributed by atoms with Crippen LogP contribution in [0, 0.1) is 5.92 Å². The first-order chi connectivity index (χ1) is 7.57. The molecule has 1 atom stereocenters. The van der Waals surface area contributed by atoms with Gasteiger partial charge >= 0.3 is 5.97 Å². The molecule has 1 amide bonds. The molecule has 1 fully saturated rings. The Morgan fingerprint density at radius 3 is 2.69 bits per heavy atom. The largest absolute Gasteiger partial charge is 0.370 e. The lowest BCUT2D eigenvalue weighted by atomic mass is 9.90. The molecule has 0 bridgehead atoms. The van der Waals surface area contributed by atoms with Gasteiger partial charge in [-0.3, -0.25) is 4.79 Å². The summed E-state index contributed by atoms with van der Waals surface area (Å²) in [6.45, 7) is 4.23. The smallest absolute Gasteiger partial charge is 0.353 e. The van der Waals surface area contributed by atoms with E-state index in [9.17, 15) is 9.59 Å². The predicted octanol–water partition coefficient (Wildman–Crippen LogP) is 0.656. The molecule has 1 aliphatic rings. The number of amides is 1. The minimum atomic E-state index is -0.609. The molecule has 0 saturated carbocycles. The minimum Gasteiger partial charge on any atom is -0.370 e. The van der Waals surface area contributed by atoms with Gasteiger partial charge in [0.2, 0.25) is 5.91 Å². The molecule has 0 radical (unpaired) electrons. The van der Waals surface area contributed by atoms with Gasteiger partial charge in [0.25, 0.3) is 0 Å². The van der Waals surface area contributed by atoms with Gasteiger partial charge in [0.1, 0.15) is 0 Å². The quantitative estimate of drug-likeness (QED) is 0.535. The summed E-state index contributed by atoms with van der Waals surface area (Å²) in [4.78, 5) is 27.6. The highest BCUT2D eigenvalue weighted by Gasteiger charge is 2.30. The Labute approximate surface area is 95.0 Å². The number of nitrogens with one attached hydrogen (secondary N) is 1. The van der Waals surface area contributed by atoms with Crippen molar-refractivity contribution in [2.45, 2.75) is 33.1 Å². The van der Waals surface area contributed by atoms with Crippen molar-refractivity contribution in [1.82, 2.24) is 5.32 Å². The number of hydrogen-bond donors (Lipinski definition) is 2. The van der Waals surface area contributed by atoms with E-state index >= 15 is 0 Å². The van der Waals surface area contributed by atoms with Crippen LogP contribution in [0.15, 0.2) is 11.1 Å². The Morgan fingerprint density at radius 1 is 1.44 bits per heavy atom. The summed E-state index contributed by atoms with van der Waals surface area (Å²) in [5, 5.41) is 2.79. The fourth-order valence-electron chi connectivity index (χ4n) is 1.97. The van der Waals surface area contributed by atoms with Gasteiger partial charge in [-0.15, -0.1) is 0 Å². The van der Waals surface area contributed by atoms with Crippen molar-refractivity contribution in [2.75, 3.05) is 6.54 Å². The van der Waals surface area contributed by atoms with Crippen LogP contribution in [-0.4, -0.2) is 18.4 Å². The minimum absolute atomic E-state index is 0.112. The highest BCUT2D eigenvalue weighted by Crippen LogP contribution is 2.24. The van der Waals surface area contributed by atoms with Crippen molar-refractivity contribution >= 4 is 11.9 Å². The Kier molecular flexibility index (Phi) is 4.49. The molecule has 16 heavy (non-hydrogen) atoms. The molecule has 0 aromatic rings. The van der Waals surface area contributed by atoms with Crippen molar-refractivity contribution in [3.8, 4) is 0 Å². The third-order valence-corrected chi connectivity index (χ3v) is 2.75. The van der Waals surface area contributed by atoms with Crippen molar-refractivity contribution in [1.29, 1.82) is 0 Å². The topological polar surface area (TPSA) is 81.4 Å². The third-order valence-electron chi connectivity index (χ3n) is 2.75. The van der Waals surface area contributed by atoms with Crippen LogP contribution in [0.5, 0.6) is 0 Å². The van der Waals surface area contributed by atoms with Gasteiger partial charge in [-0.1, -0.05) is 12.0 Å². The van der Waals surface area contributed by atoms with Crippen LogP contribution in [0.3, 0.4) is 0 Å². The lowest BCUT2D eigenvalue weighted by Gasteiger charge is -2.16. The van der Waals surface area contributed by atoms with Crippen LogP contribution in [0.4, 0.5) is 0 Å². The third kappa shape index (κ3) is 2.82. The monoisotopic (exact) mass is 226 g/mol. The van der Waals surface area contributed by atoms with Crippen LogP contribution in [-0.2, 0) is 14.4 Å². The van der Waals surface area contributed by atoms with Gasteiger partial charge in [0.15, 0.2) is 0 Å². The SMILES string of the molecule is CC(C)=C(C(=O)ON)C1CCCCNC1=O. The Bertz CT molecular complexity index is 319. The standard InChI is InChI=1S/C11H18N2O3/c1-7(2)9(11(15)16-12)8-5-3-4-6-13-10(8)14/h8H,3-6,12H2,1-2H3,(H,13,14). The normalized spacial score (nSPS) is 20.7. The summed E-state index contributed by atoms with van der Waals surface area (Å²) in [5.41, 5.74) is 1.17. The van der Waals surface area contributed by atoms with E-state index in [2.05, 4.69) is 10.2 Å². The van der Waals surface area contributed by atoms with Gasteiger partial charge in [-0.05, 0) is 26.7 Å². The fraction of sp³-hybridized carbons (Fsp3) is 0.636. The van der Waals surface area contributed by atoms with Crippen molar-refractivity contribution in [3.05, 3.63) is 11.1 Å². The first kappa shape index (κ1) is 12.7. The molecule has 1 rings (SSSR count). The van der Waals surface area contributed by atoms with Crippen molar-refractivity contribution < 1.29 is 14.4 Å². The number of hydrogen-bond acceptors (Lipinski definition) is 4. The van der Waals surface area contributed by atoms with E-state index in [1.807, 2.05) is 0 Å². The van der Waals surface area contributed by atoms with E-state index in [0.717, 1.165) is 18.4 Å². The zero-order valence-corrected chi connectivity index (χ0v) is 9.71. The maximum absolute atomic E-state index is 11.8. The van der Waals surface area contributed by atoms with Crippen LogP contribution in [0.2, 0.25) is 0 Å². The van der Waals surface area contributed by atoms with Crippen LogP contribution >= 0.6 is 0 Å². The summed E-state index contributed by atoms with van der Waals surface area (Å²) in [5.74, 6) is 3.74. The van der Waals surface area contributed by atoms with Crippen LogP contribution < -0.4 is 11.2 Å². The average molecular weight is 226 g/mol. The molecule has 0 aromatic carbocycles. The molecule has 0 spiro atoms. The van der Waals surface area contributed by atoms with Crippen molar-refractivity contribution in [3.63, 3.8) is 0 Å². The highest BCUT2D eigenvalue weighted by atomic mass is 16.7. The van der Waals surface area contributed by atoms with Gasteiger partial charge in [-0.25, -0.2) is 4.79 Å². The number of rotatable bonds is 2. The van der Waals surface area contributed by atoms with Crippen LogP contribution in [0.1, 0.15) is 33.1 Å². The van der Waals surface area contributed by atoms with Gasteiger partial charge < -0.3 is 10.2 Å². The first-order valence-electron chi connectivity index (χ1n) is 5.44. The van der Waals surface area contributed by atoms with Crippen molar-refractivity contribution in [2.24, 2.45) is 11.8 Å². The van der Waals surface area contributed by atoms with E-state index in [4.69, 9.17) is 5.90 Å². The van der Waals surface area contributed by atoms with Gasteiger partial charge in [0, 0.05) is 12.1 Å². The lowest BCUT2D eigenvalue weighted by Crippen LogP contribution is -2.33. The molecule has 1 saturated heterocycles. The maximum Gasteiger partial charge on any atom is 0.353 e. The van der Waals surface area contributed by atoms with Gasteiger partial charge in [0.05, 0.1) is 5.92 Å². The number of carbonyl (C=O) groups excluding carboxylic acids is 2.